The molecular formula is C65H48N2O2. The second-order valence-electron chi connectivity index (χ2n) is 17.0. The van der Waals surface area contributed by atoms with E-state index in [1.807, 2.05) is 31.2 Å². The Bertz CT molecular complexity index is 3810. The molecule has 0 N–H and O–H groups in total. The van der Waals surface area contributed by atoms with Crippen molar-refractivity contribution in [3.05, 3.63) is 260 Å². The maximum Gasteiger partial charge on any atom is 0.159 e. The smallest absolute Gasteiger partial charge is 0.159 e. The van der Waals surface area contributed by atoms with Crippen molar-refractivity contribution in [1.82, 2.24) is 0 Å². The number of anilines is 6. The molecule has 0 aliphatic carbocycles. The summed E-state index contributed by atoms with van der Waals surface area (Å²) in [5, 5.41) is 4.12. The monoisotopic (exact) mass is 888 g/mol. The van der Waals surface area contributed by atoms with E-state index in [1.54, 1.807) is 6.08 Å². The standard InChI is InChI=1S/C65H48N2O2/c1-5-16-45(6-2)48-25-33-52(34-26-48)66(53-35-27-49(28-36-53)46-17-10-8-11-18-46)54-39-31-51(32-40-54)58-21-14-22-60-61-23-15-24-62(65(61)69-64(58)60)67(55-37-29-50(30-38-55)47-19-12-9-13-20-47)56-41-42-59-57(7-3)44(4)68-63(59)43-56/h5-43H,1-2,4H2,3H3/b45-16+,57-7+. The van der Waals surface area contributed by atoms with Crippen LogP contribution in [0.15, 0.2) is 253 Å². The van der Waals surface area contributed by atoms with Crippen LogP contribution in [0.4, 0.5) is 34.1 Å². The van der Waals surface area contributed by atoms with E-state index >= 15 is 0 Å². The quantitative estimate of drug-likeness (QED) is 0.114. The zero-order valence-corrected chi connectivity index (χ0v) is 38.3. The van der Waals surface area contributed by atoms with Crippen molar-refractivity contribution in [2.75, 3.05) is 9.80 Å². The first-order valence-electron chi connectivity index (χ1n) is 23.2. The third kappa shape index (κ3) is 7.94. The van der Waals surface area contributed by atoms with Gasteiger partial charge in [0.15, 0.2) is 5.58 Å². The summed E-state index contributed by atoms with van der Waals surface area (Å²) in [5.74, 6) is 0. The third-order valence-corrected chi connectivity index (χ3v) is 13.0. The molecule has 0 saturated carbocycles. The van der Waals surface area contributed by atoms with Gasteiger partial charge in [-0.2, -0.15) is 0 Å². The van der Waals surface area contributed by atoms with Crippen LogP contribution in [-0.4, -0.2) is 0 Å². The minimum atomic E-state index is 0.655. The van der Waals surface area contributed by atoms with Gasteiger partial charge in [0.2, 0.25) is 0 Å². The molecule has 0 fully saturated rings. The zero-order valence-electron chi connectivity index (χ0n) is 38.3. The molecule has 0 bridgehead atoms. The van der Waals surface area contributed by atoms with Gasteiger partial charge in [0.25, 0.3) is 0 Å². The van der Waals surface area contributed by atoms with Gasteiger partial charge in [-0.15, -0.1) is 0 Å². The van der Waals surface area contributed by atoms with E-state index in [1.165, 1.54) is 5.56 Å². The highest BCUT2D eigenvalue weighted by molar-refractivity contribution is 6.13. The second kappa shape index (κ2) is 18.3. The Balaban J connectivity index is 1.01. The summed E-state index contributed by atoms with van der Waals surface area (Å²) in [4.78, 5) is 4.55. The highest BCUT2D eigenvalue weighted by Gasteiger charge is 2.22. The summed E-state index contributed by atoms with van der Waals surface area (Å²) in [6.45, 7) is 14.1. The van der Waals surface area contributed by atoms with Crippen LogP contribution < -0.4 is 20.4 Å². The first-order chi connectivity index (χ1) is 34.0. The highest BCUT2D eigenvalue weighted by atomic mass is 16.3. The van der Waals surface area contributed by atoms with E-state index < -0.39 is 0 Å². The Labute approximate surface area is 402 Å². The Morgan fingerprint density at radius 3 is 1.52 bits per heavy atom. The number of nitrogens with zero attached hydrogens (tertiary/aromatic N) is 2. The van der Waals surface area contributed by atoms with Crippen LogP contribution in [0, 0.1) is 0 Å². The molecule has 2 aromatic heterocycles. The molecule has 0 aliphatic heterocycles. The lowest BCUT2D eigenvalue weighted by Crippen LogP contribution is -2.17. The van der Waals surface area contributed by atoms with Gasteiger partial charge in [-0.05, 0) is 113 Å². The van der Waals surface area contributed by atoms with Crippen LogP contribution >= 0.6 is 0 Å². The van der Waals surface area contributed by atoms with Gasteiger partial charge in [0.05, 0.1) is 11.4 Å². The van der Waals surface area contributed by atoms with Crippen molar-refractivity contribution in [1.29, 1.82) is 0 Å². The molecule has 4 nitrogen and oxygen atoms in total. The summed E-state index contributed by atoms with van der Waals surface area (Å²) >= 11 is 0. The van der Waals surface area contributed by atoms with Gasteiger partial charge in [-0.1, -0.05) is 184 Å². The molecule has 330 valence electrons. The molecule has 11 aromatic rings. The molecule has 4 heteroatoms. The van der Waals surface area contributed by atoms with Gasteiger partial charge in [-0.25, -0.2) is 0 Å². The summed E-state index contributed by atoms with van der Waals surface area (Å²) < 4.78 is 13.4. The van der Waals surface area contributed by atoms with Crippen molar-refractivity contribution in [2.24, 2.45) is 0 Å². The van der Waals surface area contributed by atoms with E-state index in [4.69, 9.17) is 8.83 Å². The Morgan fingerprint density at radius 1 is 0.449 bits per heavy atom. The highest BCUT2D eigenvalue weighted by Crippen LogP contribution is 2.45. The summed E-state index contributed by atoms with van der Waals surface area (Å²) in [6, 6.07) is 75.0. The minimum absolute atomic E-state index is 0.655. The molecule has 11 rings (SSSR count). The van der Waals surface area contributed by atoms with Gasteiger partial charge in [0, 0.05) is 55.8 Å². The topological polar surface area (TPSA) is 32.8 Å². The number of para-hydroxylation sites is 2. The zero-order chi connectivity index (χ0) is 46.8. The molecule has 0 atom stereocenters. The van der Waals surface area contributed by atoms with Gasteiger partial charge in [0.1, 0.15) is 16.6 Å². The molecule has 0 radical (unpaired) electrons. The van der Waals surface area contributed by atoms with Crippen molar-refractivity contribution < 1.29 is 8.83 Å². The maximum atomic E-state index is 7.13. The second-order valence-corrected chi connectivity index (χ2v) is 17.0. The van der Waals surface area contributed by atoms with Crippen molar-refractivity contribution in [3.63, 3.8) is 0 Å². The van der Waals surface area contributed by atoms with Crippen molar-refractivity contribution >= 4 is 85.3 Å². The lowest BCUT2D eigenvalue weighted by atomic mass is 10.0. The first-order valence-corrected chi connectivity index (χ1v) is 23.2. The van der Waals surface area contributed by atoms with Crippen LogP contribution in [0.5, 0.6) is 0 Å². The van der Waals surface area contributed by atoms with E-state index in [0.29, 0.717) is 5.42 Å². The Kier molecular flexibility index (Phi) is 11.3. The molecule has 69 heavy (non-hydrogen) atoms. The van der Waals surface area contributed by atoms with Crippen LogP contribution in [-0.2, 0) is 0 Å². The van der Waals surface area contributed by atoms with Crippen LogP contribution in [0.3, 0.4) is 0 Å². The van der Waals surface area contributed by atoms with Crippen LogP contribution in [0.2, 0.25) is 0 Å². The molecule has 0 aliphatic rings. The SMILES string of the molecule is C=C/C=C(\C=C)c1ccc(N(c2ccc(-c3ccccc3)cc2)c2ccc(-c3cccc4c3oc3c(N(c5ccc(-c6ccccc6)cc5)c5ccc6/c(=C/C)c(=C)oc6c5)cccc34)cc2)cc1. The fourth-order valence-electron chi connectivity index (χ4n) is 9.56. The van der Waals surface area contributed by atoms with Crippen molar-refractivity contribution in [3.8, 4) is 33.4 Å². The number of fused-ring (bicyclic) bond motifs is 4. The maximum absolute atomic E-state index is 7.13. The fourth-order valence-corrected chi connectivity index (χ4v) is 9.56. The number of furan rings is 2. The van der Waals surface area contributed by atoms with E-state index in [2.05, 4.69) is 236 Å². The molecule has 9 aromatic carbocycles. The minimum Gasteiger partial charge on any atom is -0.457 e. The predicted molar refractivity (Wildman–Crippen MR) is 292 cm³/mol. The van der Waals surface area contributed by atoms with Crippen LogP contribution in [0.1, 0.15) is 12.5 Å². The average molecular weight is 889 g/mol. The predicted octanol–water partition coefficient (Wildman–Crippen LogP) is 17.2. The van der Waals surface area contributed by atoms with Gasteiger partial charge < -0.3 is 18.6 Å². The average Bonchev–Trinajstić information content (AvgIpc) is 3.96. The van der Waals surface area contributed by atoms with Crippen molar-refractivity contribution in [2.45, 2.75) is 6.92 Å². The Morgan fingerprint density at radius 2 is 0.957 bits per heavy atom. The summed E-state index contributed by atoms with van der Waals surface area (Å²) in [7, 11) is 0. The van der Waals surface area contributed by atoms with E-state index in [0.717, 1.165) is 111 Å². The molecule has 0 saturated heterocycles. The lowest BCUT2D eigenvalue weighted by molar-refractivity contribution is 0.577. The third-order valence-electron chi connectivity index (χ3n) is 13.0. The number of benzene rings is 9. The van der Waals surface area contributed by atoms with Gasteiger partial charge in [-0.3, -0.25) is 0 Å². The molecule has 0 spiro atoms. The van der Waals surface area contributed by atoms with E-state index in [9.17, 15) is 0 Å². The number of hydrogen-bond donors (Lipinski definition) is 0. The van der Waals surface area contributed by atoms with Crippen LogP contribution in [0.25, 0.3) is 84.5 Å². The Hall–Kier alpha value is -9.12. The number of hydrogen-bond acceptors (Lipinski definition) is 4. The molecule has 2 heterocycles. The molecule has 0 amide bonds. The first kappa shape index (κ1) is 42.5. The summed E-state index contributed by atoms with van der Waals surface area (Å²) in [6.07, 6.45) is 7.68. The molecule has 0 unspecified atom stereocenters. The van der Waals surface area contributed by atoms with E-state index in [-0.39, 0.29) is 0 Å². The number of allylic oxidation sites excluding steroid dienone is 4. The normalized spacial score (nSPS) is 11.9. The lowest BCUT2D eigenvalue weighted by Gasteiger charge is -2.26. The largest absolute Gasteiger partial charge is 0.457 e. The fraction of sp³-hybridized carbons (Fsp3) is 0.0154. The van der Waals surface area contributed by atoms with Gasteiger partial charge >= 0.3 is 0 Å². The number of rotatable bonds is 12. The molecular weight excluding hydrogens is 841 g/mol. The summed E-state index contributed by atoms with van der Waals surface area (Å²) in [5.41, 5.74) is 17.8.